The van der Waals surface area contributed by atoms with Gasteiger partial charge in [0.15, 0.2) is 12.4 Å². The van der Waals surface area contributed by atoms with E-state index in [0.717, 1.165) is 36.8 Å². The topological polar surface area (TPSA) is 65.6 Å². The Morgan fingerprint density at radius 1 is 1.19 bits per heavy atom. The van der Waals surface area contributed by atoms with Gasteiger partial charge < -0.3 is 17.5 Å². The molecule has 2 aliphatic carbocycles. The van der Waals surface area contributed by atoms with Crippen LogP contribution in [0.5, 0.6) is 5.75 Å². The summed E-state index contributed by atoms with van der Waals surface area (Å²) in [5.74, 6) is 0.620. The van der Waals surface area contributed by atoms with E-state index in [1.807, 2.05) is 47.3 Å². The van der Waals surface area contributed by atoms with Gasteiger partial charge in [-0.15, -0.1) is 0 Å². The van der Waals surface area contributed by atoms with Gasteiger partial charge in [0, 0.05) is 23.3 Å². The molecule has 5 nitrogen and oxygen atoms in total. The van der Waals surface area contributed by atoms with Crippen LogP contribution in [0.2, 0.25) is 0 Å². The Kier molecular flexibility index (Phi) is 5.71. The molecule has 160 valence electrons. The number of halogens is 1. The summed E-state index contributed by atoms with van der Waals surface area (Å²) in [5, 5.41) is 16.7. The average Bonchev–Trinajstić information content (AvgIpc) is 3.09. The number of benzene rings is 2. The van der Waals surface area contributed by atoms with Crippen molar-refractivity contribution in [1.82, 2.24) is 5.43 Å². The number of phenolic OH excluding ortho intramolecular Hbond substituents is 1. The molecule has 1 fully saturated rings. The van der Waals surface area contributed by atoms with E-state index < -0.39 is 0 Å². The Labute approximate surface area is 188 Å². The molecule has 1 aromatic heterocycles. The lowest BCUT2D eigenvalue weighted by molar-refractivity contribution is -0.684. The maximum absolute atomic E-state index is 12.3. The lowest BCUT2D eigenvalue weighted by Crippen LogP contribution is -3.00. The fourth-order valence-corrected chi connectivity index (χ4v) is 5.35. The van der Waals surface area contributed by atoms with Crippen molar-refractivity contribution in [2.75, 3.05) is 0 Å². The molecule has 0 radical (unpaired) electrons. The average molecular weight is 436 g/mol. The number of amides is 1. The number of carbonyl (C=O) groups is 1. The second kappa shape index (κ2) is 8.31. The Bertz CT molecular complexity index is 1160. The number of aromatic nitrogens is 1. The van der Waals surface area contributed by atoms with E-state index in [1.165, 1.54) is 16.5 Å². The Morgan fingerprint density at radius 2 is 2.00 bits per heavy atom. The van der Waals surface area contributed by atoms with E-state index in [9.17, 15) is 9.90 Å². The molecule has 1 heterocycles. The maximum Gasteiger partial charge on any atom is 0.305 e. The van der Waals surface area contributed by atoms with Crippen LogP contribution >= 0.6 is 0 Å². The van der Waals surface area contributed by atoms with Crippen LogP contribution in [0.4, 0.5) is 0 Å². The number of fused-ring (bicyclic) bond motifs is 5. The van der Waals surface area contributed by atoms with Gasteiger partial charge in [0.25, 0.3) is 0 Å². The van der Waals surface area contributed by atoms with E-state index in [1.54, 1.807) is 6.07 Å². The number of rotatable bonds is 3. The second-order valence-electron chi connectivity index (χ2n) is 8.69. The first-order valence-corrected chi connectivity index (χ1v) is 10.6. The van der Waals surface area contributed by atoms with Crippen LogP contribution in [0.1, 0.15) is 43.2 Å². The van der Waals surface area contributed by atoms with E-state index in [4.69, 9.17) is 0 Å². The Balaban J connectivity index is 0.00000231. The highest BCUT2D eigenvalue weighted by Gasteiger charge is 2.48. The molecule has 2 aliphatic rings. The minimum Gasteiger partial charge on any atom is -1.00 e. The molecule has 0 aliphatic heterocycles. The lowest BCUT2D eigenvalue weighted by Gasteiger charge is -2.38. The molecule has 2 aromatic carbocycles. The highest BCUT2D eigenvalue weighted by Crippen LogP contribution is 2.55. The van der Waals surface area contributed by atoms with Gasteiger partial charge >= 0.3 is 5.91 Å². The van der Waals surface area contributed by atoms with Crippen LogP contribution in [0.15, 0.2) is 66.0 Å². The third-order valence-electron chi connectivity index (χ3n) is 6.94. The zero-order valence-electron chi connectivity index (χ0n) is 17.5. The van der Waals surface area contributed by atoms with Crippen LogP contribution in [0, 0.1) is 5.41 Å². The maximum atomic E-state index is 12.3. The van der Waals surface area contributed by atoms with E-state index in [-0.39, 0.29) is 30.3 Å². The summed E-state index contributed by atoms with van der Waals surface area (Å²) >= 11 is 0. The number of aromatic hydroxyl groups is 1. The van der Waals surface area contributed by atoms with Crippen molar-refractivity contribution >= 4 is 22.4 Å². The largest absolute Gasteiger partial charge is 1.00 e. The third-order valence-corrected chi connectivity index (χ3v) is 6.94. The third kappa shape index (κ3) is 3.79. The molecule has 6 heteroatoms. The van der Waals surface area contributed by atoms with Crippen molar-refractivity contribution in [2.45, 2.75) is 45.1 Å². The number of hydrazone groups is 1. The SMILES string of the molecule is C[C@]12CCc3c(ccc4cc(O)ccc34)[C@@H]1CC/C2=N\NC(=O)C[n+]1ccccc1.[Cl-]. The smallest absolute Gasteiger partial charge is 0.305 e. The summed E-state index contributed by atoms with van der Waals surface area (Å²) in [6.07, 6.45) is 7.72. The first-order valence-electron chi connectivity index (χ1n) is 10.6. The summed E-state index contributed by atoms with van der Waals surface area (Å²) in [5.41, 5.74) is 6.68. The fraction of sp³-hybridized carbons (Fsp3) is 0.320. The summed E-state index contributed by atoms with van der Waals surface area (Å²) in [7, 11) is 0. The fourth-order valence-electron chi connectivity index (χ4n) is 5.35. The molecule has 2 atom stereocenters. The Morgan fingerprint density at radius 3 is 2.81 bits per heavy atom. The van der Waals surface area contributed by atoms with Gasteiger partial charge in [0.05, 0.1) is 0 Å². The molecule has 0 unspecified atom stereocenters. The van der Waals surface area contributed by atoms with Crippen LogP contribution < -0.4 is 22.4 Å². The van der Waals surface area contributed by atoms with Gasteiger partial charge in [0.2, 0.25) is 6.54 Å². The molecule has 31 heavy (non-hydrogen) atoms. The summed E-state index contributed by atoms with van der Waals surface area (Å²) < 4.78 is 1.84. The van der Waals surface area contributed by atoms with Crippen LogP contribution in [-0.4, -0.2) is 16.7 Å². The molecular weight excluding hydrogens is 410 g/mol. The van der Waals surface area contributed by atoms with Crippen molar-refractivity contribution < 1.29 is 26.9 Å². The number of carbonyl (C=O) groups excluding carboxylic acids is 1. The van der Waals surface area contributed by atoms with Crippen molar-refractivity contribution in [3.63, 3.8) is 0 Å². The predicted octanol–water partition coefficient (Wildman–Crippen LogP) is 0.839. The zero-order chi connectivity index (χ0) is 20.7. The van der Waals surface area contributed by atoms with Crippen LogP contribution in [0.25, 0.3) is 10.8 Å². The number of nitrogens with one attached hydrogen (secondary N) is 1. The monoisotopic (exact) mass is 435 g/mol. The molecule has 5 rings (SSSR count). The quantitative estimate of drug-likeness (QED) is 0.473. The standard InChI is InChI=1S/C25H25N3O2.ClH/c1-25-12-11-20-19-8-6-18(29)15-17(19)5-7-21(20)22(25)9-10-23(25)26-27-24(30)16-28-13-3-2-4-14-28;/h2-8,13-15,22H,9-12,16H2,1H3,(H-,27,29,30);1H/b26-23+;/t22-,25-;/m0./s1. The van der Waals surface area contributed by atoms with Gasteiger partial charge in [-0.2, -0.15) is 9.67 Å². The number of aryl methyl sites for hydroxylation is 1. The number of phenols is 1. The van der Waals surface area contributed by atoms with Gasteiger partial charge in [-0.25, -0.2) is 5.43 Å². The predicted molar refractivity (Wildman–Crippen MR) is 116 cm³/mol. The van der Waals surface area contributed by atoms with E-state index in [0.29, 0.717) is 11.7 Å². The summed E-state index contributed by atoms with van der Waals surface area (Å²) in [6.45, 7) is 2.56. The van der Waals surface area contributed by atoms with E-state index in [2.05, 4.69) is 29.6 Å². The molecular formula is C25H26ClN3O2. The highest BCUT2D eigenvalue weighted by atomic mass is 35.5. The molecule has 0 bridgehead atoms. The van der Waals surface area contributed by atoms with Gasteiger partial charge in [0.1, 0.15) is 5.75 Å². The second-order valence-corrected chi connectivity index (χ2v) is 8.69. The van der Waals surface area contributed by atoms with Crippen LogP contribution in [-0.2, 0) is 17.8 Å². The molecule has 2 N–H and O–H groups in total. The van der Waals surface area contributed by atoms with Gasteiger partial charge in [-0.05, 0) is 65.6 Å². The first kappa shape index (κ1) is 21.3. The molecule has 1 amide bonds. The summed E-state index contributed by atoms with van der Waals surface area (Å²) in [4.78, 5) is 12.3. The van der Waals surface area contributed by atoms with Crippen molar-refractivity contribution in [3.05, 3.63) is 72.1 Å². The van der Waals surface area contributed by atoms with Gasteiger partial charge in [-0.1, -0.05) is 31.2 Å². The molecule has 0 saturated heterocycles. The first-order chi connectivity index (χ1) is 14.5. The molecule has 1 saturated carbocycles. The van der Waals surface area contributed by atoms with E-state index >= 15 is 0 Å². The van der Waals surface area contributed by atoms with Crippen molar-refractivity contribution in [3.8, 4) is 5.75 Å². The number of pyridine rings is 1. The molecule has 3 aromatic rings. The zero-order valence-corrected chi connectivity index (χ0v) is 18.3. The molecule has 0 spiro atoms. The van der Waals surface area contributed by atoms with Crippen molar-refractivity contribution in [2.24, 2.45) is 10.5 Å². The van der Waals surface area contributed by atoms with Crippen LogP contribution in [0.3, 0.4) is 0 Å². The number of nitrogens with zero attached hydrogens (tertiary/aromatic N) is 2. The van der Waals surface area contributed by atoms with Gasteiger partial charge in [-0.3, -0.25) is 4.79 Å². The highest BCUT2D eigenvalue weighted by molar-refractivity contribution is 5.96. The Hall–Kier alpha value is -2.92. The lowest BCUT2D eigenvalue weighted by atomic mass is 9.65. The normalized spacial score (nSPS) is 23.1. The van der Waals surface area contributed by atoms with Crippen molar-refractivity contribution in [1.29, 1.82) is 0 Å². The number of hydrogen-bond acceptors (Lipinski definition) is 3. The minimum absolute atomic E-state index is 0. The minimum atomic E-state index is -0.104. The number of hydrogen-bond donors (Lipinski definition) is 2. The summed E-state index contributed by atoms with van der Waals surface area (Å²) in [6, 6.07) is 15.8.